The molecule has 0 atom stereocenters. The number of sulfonamides is 1. The second-order valence-electron chi connectivity index (χ2n) is 6.19. The van der Waals surface area contributed by atoms with Gasteiger partial charge in [-0.05, 0) is 40.4 Å². The number of rotatable bonds is 5. The fraction of sp³-hybridized carbons (Fsp3) is 0.353. The molecule has 0 amide bonds. The van der Waals surface area contributed by atoms with Crippen molar-refractivity contribution in [2.75, 3.05) is 18.8 Å². The van der Waals surface area contributed by atoms with E-state index in [-0.39, 0.29) is 16.8 Å². The molecule has 1 aliphatic heterocycles. The van der Waals surface area contributed by atoms with Gasteiger partial charge in [-0.15, -0.1) is 0 Å². The zero-order chi connectivity index (χ0) is 17.9. The van der Waals surface area contributed by atoms with Crippen LogP contribution in [0.2, 0.25) is 0 Å². The lowest BCUT2D eigenvalue weighted by Gasteiger charge is -2.32. The number of hydrogen-bond donors (Lipinski definition) is 2. The molecule has 0 unspecified atom stereocenters. The van der Waals surface area contributed by atoms with Crippen LogP contribution in [-0.2, 0) is 16.6 Å². The summed E-state index contributed by atoms with van der Waals surface area (Å²) in [5, 5.41) is 0. The van der Waals surface area contributed by atoms with Gasteiger partial charge in [0.25, 0.3) is 0 Å². The zero-order valence-electron chi connectivity index (χ0n) is 13.7. The van der Waals surface area contributed by atoms with E-state index in [4.69, 9.17) is 5.73 Å². The number of nitrogens with one attached hydrogen (secondary N) is 1. The van der Waals surface area contributed by atoms with Crippen molar-refractivity contribution in [2.45, 2.75) is 30.3 Å². The molecule has 1 fully saturated rings. The Morgan fingerprint density at radius 3 is 2.60 bits per heavy atom. The van der Waals surface area contributed by atoms with Gasteiger partial charge in [-0.2, -0.15) is 0 Å². The first kappa shape index (κ1) is 18.3. The fourth-order valence-electron chi connectivity index (χ4n) is 2.98. The highest BCUT2D eigenvalue weighted by Gasteiger charge is 2.26. The number of piperidine rings is 1. The summed E-state index contributed by atoms with van der Waals surface area (Å²) < 4.78 is 28.5. The minimum absolute atomic E-state index is 0.0113. The summed E-state index contributed by atoms with van der Waals surface area (Å²) in [4.78, 5) is 6.26. The minimum Gasteiger partial charge on any atom is -0.383 e. The van der Waals surface area contributed by atoms with Crippen LogP contribution in [0.5, 0.6) is 0 Å². The van der Waals surface area contributed by atoms with E-state index < -0.39 is 10.0 Å². The number of aromatic nitrogens is 1. The molecule has 134 valence electrons. The van der Waals surface area contributed by atoms with Crippen molar-refractivity contribution < 1.29 is 8.42 Å². The molecule has 25 heavy (non-hydrogen) atoms. The number of nitrogen functional groups attached to an aromatic ring is 1. The van der Waals surface area contributed by atoms with Crippen LogP contribution in [0.3, 0.4) is 0 Å². The van der Waals surface area contributed by atoms with Gasteiger partial charge in [0, 0.05) is 36.3 Å². The Balaban J connectivity index is 1.59. The summed E-state index contributed by atoms with van der Waals surface area (Å²) >= 11 is 3.24. The largest absolute Gasteiger partial charge is 0.383 e. The summed E-state index contributed by atoms with van der Waals surface area (Å²) in [7, 11) is -3.68. The van der Waals surface area contributed by atoms with Crippen LogP contribution in [0.4, 0.5) is 5.82 Å². The van der Waals surface area contributed by atoms with Gasteiger partial charge < -0.3 is 5.73 Å². The van der Waals surface area contributed by atoms with Crippen LogP contribution < -0.4 is 10.5 Å². The molecule has 0 saturated carbocycles. The molecule has 1 aliphatic rings. The van der Waals surface area contributed by atoms with Crippen molar-refractivity contribution in [2.24, 2.45) is 0 Å². The first-order valence-corrected chi connectivity index (χ1v) is 10.4. The molecule has 0 radical (unpaired) electrons. The predicted molar refractivity (Wildman–Crippen MR) is 101 cm³/mol. The molecule has 3 rings (SSSR count). The van der Waals surface area contributed by atoms with Crippen LogP contribution in [0.25, 0.3) is 0 Å². The van der Waals surface area contributed by atoms with E-state index in [1.54, 1.807) is 0 Å². The first-order valence-electron chi connectivity index (χ1n) is 8.14. The third-order valence-electron chi connectivity index (χ3n) is 4.30. The van der Waals surface area contributed by atoms with Crippen LogP contribution >= 0.6 is 15.9 Å². The quantitative estimate of drug-likeness (QED) is 0.768. The van der Waals surface area contributed by atoms with Crippen LogP contribution in [-0.4, -0.2) is 37.4 Å². The molecule has 2 heterocycles. The van der Waals surface area contributed by atoms with Crippen molar-refractivity contribution in [1.82, 2.24) is 14.6 Å². The van der Waals surface area contributed by atoms with Crippen molar-refractivity contribution in [3.63, 3.8) is 0 Å². The maximum absolute atomic E-state index is 12.6. The summed E-state index contributed by atoms with van der Waals surface area (Å²) in [6.45, 7) is 2.60. The Hall–Kier alpha value is -1.48. The number of benzene rings is 1. The molecule has 1 aromatic carbocycles. The SMILES string of the molecule is Nc1ncc(Br)cc1S(=O)(=O)NC1CCN(Cc2ccccc2)CC1. The van der Waals surface area contributed by atoms with Crippen molar-refractivity contribution in [3.05, 3.63) is 52.6 Å². The lowest BCUT2D eigenvalue weighted by Crippen LogP contribution is -2.44. The average Bonchev–Trinajstić information content (AvgIpc) is 2.59. The van der Waals surface area contributed by atoms with Gasteiger partial charge in [-0.25, -0.2) is 18.1 Å². The Morgan fingerprint density at radius 1 is 1.24 bits per heavy atom. The predicted octanol–water partition coefficient (Wildman–Crippen LogP) is 2.37. The molecule has 0 bridgehead atoms. The topological polar surface area (TPSA) is 88.3 Å². The van der Waals surface area contributed by atoms with E-state index in [2.05, 4.69) is 42.7 Å². The molecule has 1 aromatic heterocycles. The second kappa shape index (κ2) is 7.82. The van der Waals surface area contributed by atoms with Gasteiger partial charge in [0.15, 0.2) is 0 Å². The zero-order valence-corrected chi connectivity index (χ0v) is 16.1. The van der Waals surface area contributed by atoms with E-state index in [0.29, 0.717) is 4.47 Å². The number of pyridine rings is 1. The average molecular weight is 425 g/mol. The highest BCUT2D eigenvalue weighted by atomic mass is 79.9. The Labute approximate surface area is 156 Å². The van der Waals surface area contributed by atoms with Gasteiger partial charge in [0.1, 0.15) is 10.7 Å². The standard InChI is InChI=1S/C17H21BrN4O2S/c18-14-10-16(17(19)20-11-14)25(23,24)21-15-6-8-22(9-7-15)12-13-4-2-1-3-5-13/h1-5,10-11,15,21H,6-9,12H2,(H2,19,20). The maximum atomic E-state index is 12.6. The van der Waals surface area contributed by atoms with Gasteiger partial charge in [0.05, 0.1) is 0 Å². The van der Waals surface area contributed by atoms with E-state index in [0.717, 1.165) is 32.5 Å². The summed E-state index contributed by atoms with van der Waals surface area (Å²) in [6, 6.07) is 11.7. The second-order valence-corrected chi connectivity index (χ2v) is 8.79. The van der Waals surface area contributed by atoms with E-state index in [1.165, 1.54) is 17.8 Å². The summed E-state index contributed by atoms with van der Waals surface area (Å²) in [5.41, 5.74) is 7.00. The number of hydrogen-bond acceptors (Lipinski definition) is 5. The highest BCUT2D eigenvalue weighted by Crippen LogP contribution is 2.22. The summed E-state index contributed by atoms with van der Waals surface area (Å²) in [5.74, 6) is 0.0113. The molecule has 3 N–H and O–H groups in total. The number of nitrogens with zero attached hydrogens (tertiary/aromatic N) is 2. The van der Waals surface area contributed by atoms with Crippen molar-refractivity contribution in [1.29, 1.82) is 0 Å². The van der Waals surface area contributed by atoms with Gasteiger partial charge in [-0.1, -0.05) is 30.3 Å². The number of anilines is 1. The molecular formula is C17H21BrN4O2S. The van der Waals surface area contributed by atoms with Crippen LogP contribution in [0.15, 0.2) is 52.0 Å². The Bertz CT molecular complexity index is 822. The van der Waals surface area contributed by atoms with Gasteiger partial charge in [-0.3, -0.25) is 4.90 Å². The third-order valence-corrected chi connectivity index (χ3v) is 6.28. The number of likely N-dealkylation sites (tertiary alicyclic amines) is 1. The minimum atomic E-state index is -3.68. The normalized spacial score (nSPS) is 16.8. The molecule has 0 aliphatic carbocycles. The van der Waals surface area contributed by atoms with Gasteiger partial charge >= 0.3 is 0 Å². The molecular weight excluding hydrogens is 404 g/mol. The maximum Gasteiger partial charge on any atom is 0.244 e. The van der Waals surface area contributed by atoms with E-state index in [1.807, 2.05) is 18.2 Å². The van der Waals surface area contributed by atoms with Crippen molar-refractivity contribution >= 4 is 31.8 Å². The van der Waals surface area contributed by atoms with Gasteiger partial charge in [0.2, 0.25) is 10.0 Å². The van der Waals surface area contributed by atoms with E-state index >= 15 is 0 Å². The monoisotopic (exact) mass is 424 g/mol. The number of halogens is 1. The fourth-order valence-corrected chi connectivity index (χ4v) is 4.87. The third kappa shape index (κ3) is 4.78. The smallest absolute Gasteiger partial charge is 0.244 e. The lowest BCUT2D eigenvalue weighted by molar-refractivity contribution is 0.200. The molecule has 1 saturated heterocycles. The Morgan fingerprint density at radius 2 is 1.92 bits per heavy atom. The highest BCUT2D eigenvalue weighted by molar-refractivity contribution is 9.10. The molecule has 0 spiro atoms. The van der Waals surface area contributed by atoms with Crippen LogP contribution in [0, 0.1) is 0 Å². The number of nitrogens with two attached hydrogens (primary N) is 1. The molecule has 2 aromatic rings. The van der Waals surface area contributed by atoms with Crippen molar-refractivity contribution in [3.8, 4) is 0 Å². The first-order chi connectivity index (χ1) is 11.9. The Kier molecular flexibility index (Phi) is 5.73. The summed E-state index contributed by atoms with van der Waals surface area (Å²) in [6.07, 6.45) is 3.03. The van der Waals surface area contributed by atoms with Crippen LogP contribution in [0.1, 0.15) is 18.4 Å². The molecule has 6 nitrogen and oxygen atoms in total. The van der Waals surface area contributed by atoms with E-state index in [9.17, 15) is 8.42 Å². The lowest BCUT2D eigenvalue weighted by atomic mass is 10.1. The molecule has 8 heteroatoms.